The molecule has 0 bridgehead atoms. The zero-order valence-electron chi connectivity index (χ0n) is 9.54. The molecule has 90 valence electrons. The van der Waals surface area contributed by atoms with E-state index in [0.29, 0.717) is 11.4 Å². The van der Waals surface area contributed by atoms with E-state index in [0.717, 1.165) is 15.9 Å². The van der Waals surface area contributed by atoms with Gasteiger partial charge in [-0.2, -0.15) is 5.10 Å². The first-order valence-electron chi connectivity index (χ1n) is 5.11. The molecule has 0 fully saturated rings. The van der Waals surface area contributed by atoms with Gasteiger partial charge in [-0.25, -0.2) is 14.1 Å². The normalized spacial score (nSPS) is 10.9. The molecule has 2 rings (SSSR count). The van der Waals surface area contributed by atoms with Gasteiger partial charge in [-0.15, -0.1) is 0 Å². The first-order chi connectivity index (χ1) is 8.04. The predicted molar refractivity (Wildman–Crippen MR) is 66.4 cm³/mol. The second kappa shape index (κ2) is 4.54. The first kappa shape index (κ1) is 12.2. The predicted octanol–water partition coefficient (Wildman–Crippen LogP) is 2.24. The summed E-state index contributed by atoms with van der Waals surface area (Å²) < 4.78 is 15.7. The van der Waals surface area contributed by atoms with Crippen LogP contribution in [0.1, 0.15) is 17.0 Å². The number of hydrogen-bond donors (Lipinski definition) is 1. The minimum absolute atomic E-state index is 0.218. The van der Waals surface area contributed by atoms with Crippen LogP contribution in [0.2, 0.25) is 0 Å². The van der Waals surface area contributed by atoms with Crippen LogP contribution < -0.4 is 5.73 Å². The summed E-state index contributed by atoms with van der Waals surface area (Å²) in [4.78, 5) is 4.06. The van der Waals surface area contributed by atoms with Gasteiger partial charge < -0.3 is 5.73 Å². The Morgan fingerprint density at radius 1 is 1.47 bits per heavy atom. The van der Waals surface area contributed by atoms with Crippen molar-refractivity contribution >= 4 is 15.9 Å². The third-order valence-electron chi connectivity index (χ3n) is 2.53. The first-order valence-corrected chi connectivity index (χ1v) is 5.90. The van der Waals surface area contributed by atoms with E-state index in [1.807, 2.05) is 13.8 Å². The highest BCUT2D eigenvalue weighted by Gasteiger charge is 2.14. The minimum Gasteiger partial charge on any atom is -0.326 e. The second-order valence-electron chi connectivity index (χ2n) is 3.74. The summed E-state index contributed by atoms with van der Waals surface area (Å²) >= 11 is 3.44. The van der Waals surface area contributed by atoms with E-state index in [1.54, 1.807) is 4.68 Å². The monoisotopic (exact) mass is 298 g/mol. The quantitative estimate of drug-likeness (QED) is 0.925. The molecule has 6 heteroatoms. The van der Waals surface area contributed by atoms with Gasteiger partial charge in [0.1, 0.15) is 5.82 Å². The van der Waals surface area contributed by atoms with Crippen molar-refractivity contribution in [2.75, 3.05) is 0 Å². The number of nitrogens with zero attached hydrogens (tertiary/aromatic N) is 3. The summed E-state index contributed by atoms with van der Waals surface area (Å²) in [6.45, 7) is 4.02. The van der Waals surface area contributed by atoms with Crippen LogP contribution in [-0.4, -0.2) is 14.8 Å². The van der Waals surface area contributed by atoms with Gasteiger partial charge >= 0.3 is 0 Å². The van der Waals surface area contributed by atoms with Crippen molar-refractivity contribution in [3.8, 4) is 5.82 Å². The second-order valence-corrected chi connectivity index (χ2v) is 4.53. The van der Waals surface area contributed by atoms with E-state index in [2.05, 4.69) is 26.0 Å². The number of halogens is 2. The van der Waals surface area contributed by atoms with Crippen molar-refractivity contribution in [1.29, 1.82) is 0 Å². The molecule has 0 aliphatic carbocycles. The number of rotatable bonds is 2. The Hall–Kier alpha value is -1.27. The molecule has 0 aliphatic heterocycles. The molecule has 0 aromatic carbocycles. The maximum Gasteiger partial charge on any atom is 0.158 e. The van der Waals surface area contributed by atoms with E-state index in [9.17, 15) is 4.39 Å². The molecule has 0 radical (unpaired) electrons. The van der Waals surface area contributed by atoms with Gasteiger partial charge in [0.25, 0.3) is 0 Å². The van der Waals surface area contributed by atoms with Gasteiger partial charge in [0.05, 0.1) is 22.1 Å². The lowest BCUT2D eigenvalue weighted by molar-refractivity contribution is 0.614. The van der Waals surface area contributed by atoms with Gasteiger partial charge in [0, 0.05) is 12.1 Å². The van der Waals surface area contributed by atoms with Crippen LogP contribution in [0.5, 0.6) is 0 Å². The van der Waals surface area contributed by atoms with Crippen LogP contribution in [-0.2, 0) is 6.54 Å². The Morgan fingerprint density at radius 3 is 2.71 bits per heavy atom. The van der Waals surface area contributed by atoms with E-state index >= 15 is 0 Å². The zero-order chi connectivity index (χ0) is 12.6. The molecule has 4 nitrogen and oxygen atoms in total. The van der Waals surface area contributed by atoms with E-state index < -0.39 is 5.82 Å². The lowest BCUT2D eigenvalue weighted by atomic mass is 10.2. The highest BCUT2D eigenvalue weighted by molar-refractivity contribution is 9.10. The maximum absolute atomic E-state index is 13.1. The number of nitrogens with two attached hydrogens (primary N) is 1. The lowest BCUT2D eigenvalue weighted by Gasteiger charge is -2.08. The average Bonchev–Trinajstić information content (AvgIpc) is 2.57. The molecule has 0 aliphatic rings. The Kier molecular flexibility index (Phi) is 3.26. The fraction of sp³-hybridized carbons (Fsp3) is 0.273. The highest BCUT2D eigenvalue weighted by atomic mass is 79.9. The Bertz CT molecular complexity index is 565. The molecule has 0 spiro atoms. The molecule has 2 N–H and O–H groups in total. The van der Waals surface area contributed by atoms with Crippen molar-refractivity contribution in [3.05, 3.63) is 39.5 Å². The van der Waals surface area contributed by atoms with Crippen LogP contribution in [0.4, 0.5) is 4.39 Å². The zero-order valence-corrected chi connectivity index (χ0v) is 11.1. The molecule has 2 heterocycles. The molecule has 0 atom stereocenters. The SMILES string of the molecule is Cc1nn(-c2ncc(F)cc2CN)c(C)c1Br. The van der Waals surface area contributed by atoms with Gasteiger partial charge in [-0.1, -0.05) is 0 Å². The summed E-state index contributed by atoms with van der Waals surface area (Å²) in [5.74, 6) is 0.176. The van der Waals surface area contributed by atoms with Gasteiger partial charge in [0.15, 0.2) is 5.82 Å². The number of aryl methyl sites for hydroxylation is 1. The fourth-order valence-corrected chi connectivity index (χ4v) is 1.89. The molecule has 2 aromatic heterocycles. The van der Waals surface area contributed by atoms with Crippen molar-refractivity contribution < 1.29 is 4.39 Å². The fourth-order valence-electron chi connectivity index (χ4n) is 1.64. The molecule has 2 aromatic rings. The third-order valence-corrected chi connectivity index (χ3v) is 3.68. The van der Waals surface area contributed by atoms with Gasteiger partial charge in [-0.3, -0.25) is 0 Å². The number of pyridine rings is 1. The maximum atomic E-state index is 13.1. The topological polar surface area (TPSA) is 56.7 Å². The van der Waals surface area contributed by atoms with Crippen LogP contribution in [0.15, 0.2) is 16.7 Å². The van der Waals surface area contributed by atoms with Crippen LogP contribution in [0.3, 0.4) is 0 Å². The molecular formula is C11H12BrFN4. The summed E-state index contributed by atoms with van der Waals surface area (Å²) in [6.07, 6.45) is 1.17. The number of hydrogen-bond acceptors (Lipinski definition) is 3. The van der Waals surface area contributed by atoms with E-state index in [4.69, 9.17) is 5.73 Å². The molecule has 0 amide bonds. The molecule has 17 heavy (non-hydrogen) atoms. The molecule has 0 saturated carbocycles. The lowest BCUT2D eigenvalue weighted by Crippen LogP contribution is -2.10. The standard InChI is InChI=1S/C11H12BrFN4/c1-6-10(12)7(2)17(16-6)11-8(4-14)3-9(13)5-15-11/h3,5H,4,14H2,1-2H3. The van der Waals surface area contributed by atoms with Crippen LogP contribution in [0.25, 0.3) is 5.82 Å². The summed E-state index contributed by atoms with van der Waals surface area (Å²) in [5.41, 5.74) is 7.99. The molecule has 0 unspecified atom stereocenters. The van der Waals surface area contributed by atoms with Gasteiger partial charge in [-0.05, 0) is 35.8 Å². The van der Waals surface area contributed by atoms with Crippen molar-refractivity contribution in [1.82, 2.24) is 14.8 Å². The minimum atomic E-state index is -0.394. The molecule has 0 saturated heterocycles. The Balaban J connectivity index is 2.64. The summed E-state index contributed by atoms with van der Waals surface area (Å²) in [5, 5.41) is 4.35. The van der Waals surface area contributed by atoms with E-state index in [1.165, 1.54) is 12.3 Å². The van der Waals surface area contributed by atoms with Crippen LogP contribution >= 0.6 is 15.9 Å². The number of aromatic nitrogens is 3. The molecular weight excluding hydrogens is 287 g/mol. The smallest absolute Gasteiger partial charge is 0.158 e. The Labute approximate surface area is 107 Å². The van der Waals surface area contributed by atoms with Crippen molar-refractivity contribution in [2.24, 2.45) is 5.73 Å². The Morgan fingerprint density at radius 2 is 2.18 bits per heavy atom. The summed E-state index contributed by atoms with van der Waals surface area (Å²) in [7, 11) is 0. The van der Waals surface area contributed by atoms with Crippen molar-refractivity contribution in [3.63, 3.8) is 0 Å². The third kappa shape index (κ3) is 2.10. The largest absolute Gasteiger partial charge is 0.326 e. The average molecular weight is 299 g/mol. The van der Waals surface area contributed by atoms with E-state index in [-0.39, 0.29) is 6.54 Å². The van der Waals surface area contributed by atoms with Crippen LogP contribution in [0, 0.1) is 19.7 Å². The highest BCUT2D eigenvalue weighted by Crippen LogP contribution is 2.23. The van der Waals surface area contributed by atoms with Gasteiger partial charge in [0.2, 0.25) is 0 Å². The van der Waals surface area contributed by atoms with Crippen molar-refractivity contribution in [2.45, 2.75) is 20.4 Å². The summed E-state index contributed by atoms with van der Waals surface area (Å²) in [6, 6.07) is 1.38.